The second-order valence-corrected chi connectivity index (χ2v) is 4.40. The standard InChI is InChI=1S/C11H13N7O/c1-4-6(5(2)18(3)17-4)8-13-7-9(14-8)15-11(12)16-10(7)19/h1-3H3,(H4,12,13,14,15,16,19). The van der Waals surface area contributed by atoms with Crippen molar-refractivity contribution in [3.63, 3.8) is 0 Å². The summed E-state index contributed by atoms with van der Waals surface area (Å²) < 4.78 is 1.77. The second-order valence-electron chi connectivity index (χ2n) is 4.40. The number of aryl methyl sites for hydroxylation is 2. The lowest BCUT2D eigenvalue weighted by Crippen LogP contribution is -2.10. The summed E-state index contributed by atoms with van der Waals surface area (Å²) in [7, 11) is 1.86. The van der Waals surface area contributed by atoms with Gasteiger partial charge in [0.25, 0.3) is 5.56 Å². The van der Waals surface area contributed by atoms with Crippen LogP contribution in [0.25, 0.3) is 22.6 Å². The minimum Gasteiger partial charge on any atom is -0.369 e. The number of H-pyrrole nitrogens is 2. The average molecular weight is 259 g/mol. The van der Waals surface area contributed by atoms with E-state index in [0.29, 0.717) is 17.0 Å². The van der Waals surface area contributed by atoms with Crippen LogP contribution in [0, 0.1) is 13.8 Å². The van der Waals surface area contributed by atoms with E-state index in [2.05, 4.69) is 25.0 Å². The van der Waals surface area contributed by atoms with Crippen molar-refractivity contribution < 1.29 is 0 Å². The molecule has 98 valence electrons. The molecule has 0 radical (unpaired) electrons. The number of hydrogen-bond donors (Lipinski definition) is 3. The molecule has 3 aromatic heterocycles. The van der Waals surface area contributed by atoms with Gasteiger partial charge < -0.3 is 10.7 Å². The van der Waals surface area contributed by atoms with Crippen molar-refractivity contribution in [3.8, 4) is 11.4 Å². The van der Waals surface area contributed by atoms with Gasteiger partial charge in [0.1, 0.15) is 5.82 Å². The minimum atomic E-state index is -0.333. The summed E-state index contributed by atoms with van der Waals surface area (Å²) in [5.74, 6) is 0.622. The Labute approximate surface area is 107 Å². The highest BCUT2D eigenvalue weighted by Crippen LogP contribution is 2.24. The molecule has 0 aliphatic carbocycles. The lowest BCUT2D eigenvalue weighted by atomic mass is 10.2. The Morgan fingerprint density at radius 2 is 1.95 bits per heavy atom. The maximum Gasteiger partial charge on any atom is 0.278 e. The molecule has 0 aromatic carbocycles. The van der Waals surface area contributed by atoms with Crippen LogP contribution >= 0.6 is 0 Å². The first kappa shape index (κ1) is 11.5. The molecule has 0 fully saturated rings. The molecule has 0 aliphatic heterocycles. The van der Waals surface area contributed by atoms with Crippen molar-refractivity contribution in [2.45, 2.75) is 13.8 Å². The van der Waals surface area contributed by atoms with Crippen molar-refractivity contribution in [1.82, 2.24) is 29.7 Å². The molecule has 0 aliphatic rings. The molecule has 0 unspecified atom stereocenters. The fraction of sp³-hybridized carbons (Fsp3) is 0.273. The number of nitrogens with one attached hydrogen (secondary N) is 2. The van der Waals surface area contributed by atoms with Gasteiger partial charge in [-0.05, 0) is 13.8 Å². The van der Waals surface area contributed by atoms with Crippen LogP contribution in [-0.4, -0.2) is 29.7 Å². The molecule has 3 aromatic rings. The van der Waals surface area contributed by atoms with Crippen LogP contribution in [0.4, 0.5) is 5.95 Å². The molecule has 0 atom stereocenters. The predicted octanol–water partition coefficient (Wildman–Crippen LogP) is 0.246. The first-order chi connectivity index (χ1) is 8.97. The first-order valence-corrected chi connectivity index (χ1v) is 5.73. The van der Waals surface area contributed by atoms with Gasteiger partial charge in [-0.3, -0.25) is 14.5 Å². The Morgan fingerprint density at radius 1 is 1.21 bits per heavy atom. The third-order valence-electron chi connectivity index (χ3n) is 3.13. The molecule has 19 heavy (non-hydrogen) atoms. The molecule has 4 N–H and O–H groups in total. The Morgan fingerprint density at radius 3 is 2.58 bits per heavy atom. The molecule has 0 amide bonds. The summed E-state index contributed by atoms with van der Waals surface area (Å²) >= 11 is 0. The van der Waals surface area contributed by atoms with Crippen LogP contribution < -0.4 is 11.3 Å². The Hall–Kier alpha value is -2.64. The smallest absolute Gasteiger partial charge is 0.278 e. The maximum atomic E-state index is 11.8. The second kappa shape index (κ2) is 3.67. The van der Waals surface area contributed by atoms with E-state index >= 15 is 0 Å². The third kappa shape index (κ3) is 1.60. The van der Waals surface area contributed by atoms with E-state index in [1.165, 1.54) is 0 Å². The molecule has 8 heteroatoms. The van der Waals surface area contributed by atoms with Crippen molar-refractivity contribution in [3.05, 3.63) is 21.7 Å². The highest BCUT2D eigenvalue weighted by molar-refractivity contribution is 5.77. The van der Waals surface area contributed by atoms with Crippen LogP contribution in [-0.2, 0) is 7.05 Å². The van der Waals surface area contributed by atoms with Gasteiger partial charge in [-0.2, -0.15) is 10.1 Å². The summed E-state index contributed by atoms with van der Waals surface area (Å²) in [6.07, 6.45) is 0. The number of rotatable bonds is 1. The van der Waals surface area contributed by atoms with Gasteiger partial charge in [0.05, 0.1) is 11.3 Å². The number of nitrogens with two attached hydrogens (primary N) is 1. The summed E-state index contributed by atoms with van der Waals surface area (Å²) in [5.41, 5.74) is 8.45. The van der Waals surface area contributed by atoms with Crippen molar-refractivity contribution in [2.75, 3.05) is 5.73 Å². The Kier molecular flexibility index (Phi) is 2.21. The molecule has 0 spiro atoms. The number of nitrogen functional groups attached to an aromatic ring is 1. The topological polar surface area (TPSA) is 118 Å². The van der Waals surface area contributed by atoms with Gasteiger partial charge in [0.2, 0.25) is 5.95 Å². The van der Waals surface area contributed by atoms with Gasteiger partial charge in [-0.25, -0.2) is 4.98 Å². The molecule has 0 bridgehead atoms. The predicted molar refractivity (Wildman–Crippen MR) is 70.6 cm³/mol. The van der Waals surface area contributed by atoms with E-state index in [9.17, 15) is 4.79 Å². The molecule has 0 saturated carbocycles. The highest BCUT2D eigenvalue weighted by atomic mass is 16.1. The third-order valence-corrected chi connectivity index (χ3v) is 3.13. The Balaban J connectivity index is 2.32. The van der Waals surface area contributed by atoms with Crippen LogP contribution in [0.5, 0.6) is 0 Å². The number of hydrogen-bond acceptors (Lipinski definition) is 5. The molecule has 8 nitrogen and oxygen atoms in total. The largest absolute Gasteiger partial charge is 0.369 e. The SMILES string of the molecule is Cc1nn(C)c(C)c1-c1nc2nc(N)[nH]c(=O)c2[nH]1. The van der Waals surface area contributed by atoms with Crippen LogP contribution in [0.1, 0.15) is 11.4 Å². The van der Waals surface area contributed by atoms with Gasteiger partial charge in [-0.1, -0.05) is 0 Å². The van der Waals surface area contributed by atoms with Crippen LogP contribution in [0.15, 0.2) is 4.79 Å². The lowest BCUT2D eigenvalue weighted by molar-refractivity contribution is 0.731. The molecule has 3 heterocycles. The van der Waals surface area contributed by atoms with Gasteiger partial charge in [0, 0.05) is 12.7 Å². The van der Waals surface area contributed by atoms with E-state index in [4.69, 9.17) is 5.73 Å². The number of anilines is 1. The molecule has 3 rings (SSSR count). The summed E-state index contributed by atoms with van der Waals surface area (Å²) in [6, 6.07) is 0. The zero-order valence-corrected chi connectivity index (χ0v) is 10.8. The van der Waals surface area contributed by atoms with Gasteiger partial charge >= 0.3 is 0 Å². The maximum absolute atomic E-state index is 11.8. The van der Waals surface area contributed by atoms with Crippen molar-refractivity contribution >= 4 is 17.1 Å². The summed E-state index contributed by atoms with van der Waals surface area (Å²) in [5, 5.41) is 4.32. The lowest BCUT2D eigenvalue weighted by Gasteiger charge is -1.96. The zero-order chi connectivity index (χ0) is 13.7. The van der Waals surface area contributed by atoms with E-state index in [1.807, 2.05) is 20.9 Å². The van der Waals surface area contributed by atoms with Crippen molar-refractivity contribution in [1.29, 1.82) is 0 Å². The molecular formula is C11H13N7O. The number of nitrogens with zero attached hydrogens (tertiary/aromatic N) is 4. The number of fused-ring (bicyclic) bond motifs is 1. The van der Waals surface area contributed by atoms with E-state index < -0.39 is 0 Å². The monoisotopic (exact) mass is 259 g/mol. The average Bonchev–Trinajstić information content (AvgIpc) is 2.81. The first-order valence-electron chi connectivity index (χ1n) is 5.73. The summed E-state index contributed by atoms with van der Waals surface area (Å²) in [4.78, 5) is 25.5. The Bertz CT molecular complexity index is 839. The quantitative estimate of drug-likeness (QED) is 0.578. The van der Waals surface area contributed by atoms with Crippen LogP contribution in [0.3, 0.4) is 0 Å². The van der Waals surface area contributed by atoms with E-state index in [-0.39, 0.29) is 11.5 Å². The van der Waals surface area contributed by atoms with Gasteiger partial charge in [-0.15, -0.1) is 0 Å². The fourth-order valence-electron chi connectivity index (χ4n) is 2.16. The molecular weight excluding hydrogens is 246 g/mol. The van der Waals surface area contributed by atoms with E-state index in [1.54, 1.807) is 4.68 Å². The summed E-state index contributed by atoms with van der Waals surface area (Å²) in [6.45, 7) is 3.83. The normalized spacial score (nSPS) is 11.3. The van der Waals surface area contributed by atoms with E-state index in [0.717, 1.165) is 17.0 Å². The fourth-order valence-corrected chi connectivity index (χ4v) is 2.16. The zero-order valence-electron chi connectivity index (χ0n) is 10.8. The van der Waals surface area contributed by atoms with Crippen LogP contribution in [0.2, 0.25) is 0 Å². The van der Waals surface area contributed by atoms with Crippen molar-refractivity contribution in [2.24, 2.45) is 7.05 Å². The molecule has 0 saturated heterocycles. The highest BCUT2D eigenvalue weighted by Gasteiger charge is 2.17. The number of aromatic nitrogens is 6. The number of aromatic amines is 2. The van der Waals surface area contributed by atoms with Gasteiger partial charge in [0.15, 0.2) is 11.2 Å². The minimum absolute atomic E-state index is 0.0511. The number of imidazole rings is 1.